The molecular weight excluding hydrogens is 418 g/mol. The van der Waals surface area contributed by atoms with E-state index in [0.717, 1.165) is 27.5 Å². The Bertz CT molecular complexity index is 1240. The summed E-state index contributed by atoms with van der Waals surface area (Å²) in [7, 11) is 0. The zero-order valence-electron chi connectivity index (χ0n) is 16.7. The van der Waals surface area contributed by atoms with Crippen molar-refractivity contribution in [3.63, 3.8) is 0 Å². The standard InChI is InChI=1S/C23H18ClN3O4/c1-13-11-16(14(2)26(13)18-7-3-15(4-8-18)22(29)30)12-20-21(28)27(23(31)25-20)19-9-5-17(24)6-10-19/h3-12H,1-2H3,(H,25,31)(H,29,30)/b20-12+. The first-order chi connectivity index (χ1) is 14.8. The lowest BCUT2D eigenvalue weighted by atomic mass is 10.2. The van der Waals surface area contributed by atoms with Crippen LogP contribution in [0.4, 0.5) is 10.5 Å². The third-order valence-electron chi connectivity index (χ3n) is 5.11. The summed E-state index contributed by atoms with van der Waals surface area (Å²) < 4.78 is 1.95. The Hall–Kier alpha value is -3.84. The van der Waals surface area contributed by atoms with E-state index in [1.54, 1.807) is 54.6 Å². The summed E-state index contributed by atoms with van der Waals surface area (Å²) in [5.41, 5.74) is 4.12. The van der Waals surface area contributed by atoms with Crippen molar-refractivity contribution in [2.45, 2.75) is 13.8 Å². The number of nitrogens with zero attached hydrogens (tertiary/aromatic N) is 2. The van der Waals surface area contributed by atoms with Gasteiger partial charge in [0, 0.05) is 22.1 Å². The third-order valence-corrected chi connectivity index (χ3v) is 5.36. The van der Waals surface area contributed by atoms with Crippen molar-refractivity contribution >= 4 is 41.3 Å². The van der Waals surface area contributed by atoms with Gasteiger partial charge in [0.2, 0.25) is 0 Å². The summed E-state index contributed by atoms with van der Waals surface area (Å²) in [5, 5.41) is 12.2. The number of urea groups is 1. The van der Waals surface area contributed by atoms with Crippen LogP contribution in [0.1, 0.15) is 27.3 Å². The lowest BCUT2D eigenvalue weighted by Gasteiger charge is -2.11. The molecule has 2 heterocycles. The first-order valence-electron chi connectivity index (χ1n) is 9.41. The van der Waals surface area contributed by atoms with Crippen LogP contribution in [0.3, 0.4) is 0 Å². The zero-order chi connectivity index (χ0) is 22.3. The van der Waals surface area contributed by atoms with Crippen LogP contribution in [0.25, 0.3) is 11.8 Å². The highest BCUT2D eigenvalue weighted by atomic mass is 35.5. The second-order valence-corrected chi connectivity index (χ2v) is 7.56. The van der Waals surface area contributed by atoms with Gasteiger partial charge in [0.15, 0.2) is 0 Å². The van der Waals surface area contributed by atoms with Crippen LogP contribution in [0, 0.1) is 13.8 Å². The fourth-order valence-electron chi connectivity index (χ4n) is 3.60. The molecule has 0 unspecified atom stereocenters. The predicted octanol–water partition coefficient (Wildman–Crippen LogP) is 4.54. The number of benzene rings is 2. The Balaban J connectivity index is 1.67. The number of aryl methyl sites for hydroxylation is 1. The SMILES string of the molecule is Cc1cc(/C=C2/NC(=O)N(c3ccc(Cl)cc3)C2=O)c(C)n1-c1ccc(C(=O)O)cc1. The van der Waals surface area contributed by atoms with Crippen LogP contribution in [0.15, 0.2) is 60.3 Å². The Kier molecular flexibility index (Phi) is 5.12. The number of carbonyl (C=O) groups excluding carboxylic acids is 2. The maximum atomic E-state index is 12.9. The monoisotopic (exact) mass is 435 g/mol. The molecular formula is C23H18ClN3O4. The van der Waals surface area contributed by atoms with Gasteiger partial charge in [-0.2, -0.15) is 0 Å². The zero-order valence-corrected chi connectivity index (χ0v) is 17.5. The van der Waals surface area contributed by atoms with E-state index < -0.39 is 17.9 Å². The molecule has 1 saturated heterocycles. The van der Waals surface area contributed by atoms with Crippen LogP contribution >= 0.6 is 11.6 Å². The van der Waals surface area contributed by atoms with E-state index in [0.29, 0.717) is 10.7 Å². The molecule has 1 aromatic heterocycles. The molecule has 2 N–H and O–H groups in total. The maximum Gasteiger partial charge on any atom is 0.335 e. The van der Waals surface area contributed by atoms with Crippen molar-refractivity contribution in [3.05, 3.63) is 87.8 Å². The Labute approximate surface area is 183 Å². The van der Waals surface area contributed by atoms with Gasteiger partial charge in [-0.1, -0.05) is 11.6 Å². The number of hydrogen-bond donors (Lipinski definition) is 2. The number of anilines is 1. The van der Waals surface area contributed by atoms with E-state index in [9.17, 15) is 14.4 Å². The summed E-state index contributed by atoms with van der Waals surface area (Å²) in [6, 6.07) is 14.3. The third kappa shape index (κ3) is 3.71. The van der Waals surface area contributed by atoms with Crippen LogP contribution in [0.2, 0.25) is 5.02 Å². The summed E-state index contributed by atoms with van der Waals surface area (Å²) in [4.78, 5) is 37.4. The number of rotatable bonds is 4. The van der Waals surface area contributed by atoms with E-state index in [1.165, 1.54) is 0 Å². The fourth-order valence-corrected chi connectivity index (χ4v) is 3.73. The summed E-state index contributed by atoms with van der Waals surface area (Å²) >= 11 is 5.89. The quantitative estimate of drug-likeness (QED) is 0.464. The molecule has 8 heteroatoms. The van der Waals surface area contributed by atoms with E-state index >= 15 is 0 Å². The van der Waals surface area contributed by atoms with Gasteiger partial charge in [-0.15, -0.1) is 0 Å². The summed E-state index contributed by atoms with van der Waals surface area (Å²) in [5.74, 6) is -1.44. The molecule has 0 atom stereocenters. The average Bonchev–Trinajstić information content (AvgIpc) is 3.17. The lowest BCUT2D eigenvalue weighted by molar-refractivity contribution is -0.113. The Morgan fingerprint density at radius 1 is 1.00 bits per heavy atom. The van der Waals surface area contributed by atoms with Gasteiger partial charge in [0.1, 0.15) is 5.70 Å². The molecule has 0 aliphatic carbocycles. The Morgan fingerprint density at radius 2 is 1.61 bits per heavy atom. The molecule has 3 amide bonds. The van der Waals surface area contributed by atoms with Crippen molar-refractivity contribution < 1.29 is 19.5 Å². The van der Waals surface area contributed by atoms with Crippen LogP contribution in [-0.2, 0) is 4.79 Å². The molecule has 1 aliphatic rings. The molecule has 4 rings (SSSR count). The second kappa shape index (κ2) is 7.77. The fraction of sp³-hybridized carbons (Fsp3) is 0.0870. The van der Waals surface area contributed by atoms with Crippen molar-refractivity contribution in [3.8, 4) is 5.69 Å². The first-order valence-corrected chi connectivity index (χ1v) is 9.79. The van der Waals surface area contributed by atoms with Crippen LogP contribution in [-0.4, -0.2) is 27.6 Å². The first kappa shape index (κ1) is 20.4. The molecule has 0 spiro atoms. The number of carbonyl (C=O) groups is 3. The molecule has 0 bridgehead atoms. The van der Waals surface area contributed by atoms with Gasteiger partial charge in [0.05, 0.1) is 11.3 Å². The number of aromatic nitrogens is 1. The molecule has 0 radical (unpaired) electrons. The lowest BCUT2D eigenvalue weighted by Crippen LogP contribution is -2.30. The smallest absolute Gasteiger partial charge is 0.335 e. The van der Waals surface area contributed by atoms with Gasteiger partial charge in [-0.25, -0.2) is 14.5 Å². The summed E-state index contributed by atoms with van der Waals surface area (Å²) in [6.07, 6.45) is 1.64. The molecule has 31 heavy (non-hydrogen) atoms. The van der Waals surface area contributed by atoms with Crippen molar-refractivity contribution in [1.29, 1.82) is 0 Å². The molecule has 2 aromatic carbocycles. The minimum atomic E-state index is -0.987. The van der Waals surface area contributed by atoms with Crippen LogP contribution in [0.5, 0.6) is 0 Å². The number of nitrogens with one attached hydrogen (secondary N) is 1. The van der Waals surface area contributed by atoms with E-state index in [1.807, 2.05) is 24.5 Å². The number of hydrogen-bond acceptors (Lipinski definition) is 3. The summed E-state index contributed by atoms with van der Waals surface area (Å²) in [6.45, 7) is 3.80. The largest absolute Gasteiger partial charge is 0.478 e. The molecule has 3 aromatic rings. The highest BCUT2D eigenvalue weighted by molar-refractivity contribution is 6.31. The minimum Gasteiger partial charge on any atom is -0.478 e. The molecule has 1 fully saturated rings. The molecule has 156 valence electrons. The van der Waals surface area contributed by atoms with Gasteiger partial charge >= 0.3 is 12.0 Å². The molecule has 0 saturated carbocycles. The Morgan fingerprint density at radius 3 is 2.23 bits per heavy atom. The number of imide groups is 1. The number of aromatic carboxylic acids is 1. The molecule has 7 nitrogen and oxygen atoms in total. The number of halogens is 1. The van der Waals surface area contributed by atoms with Crippen molar-refractivity contribution in [1.82, 2.24) is 9.88 Å². The highest BCUT2D eigenvalue weighted by Crippen LogP contribution is 2.27. The predicted molar refractivity (Wildman–Crippen MR) is 118 cm³/mol. The van der Waals surface area contributed by atoms with E-state index in [2.05, 4.69) is 5.32 Å². The normalized spacial score (nSPS) is 14.9. The van der Waals surface area contributed by atoms with Gasteiger partial charge in [0.25, 0.3) is 5.91 Å². The van der Waals surface area contributed by atoms with Gasteiger partial charge in [-0.3, -0.25) is 4.79 Å². The molecule has 1 aliphatic heterocycles. The van der Waals surface area contributed by atoms with E-state index in [-0.39, 0.29) is 11.3 Å². The van der Waals surface area contributed by atoms with Gasteiger partial charge < -0.3 is 15.0 Å². The highest BCUT2D eigenvalue weighted by Gasteiger charge is 2.35. The van der Waals surface area contributed by atoms with E-state index in [4.69, 9.17) is 16.7 Å². The number of carboxylic acids is 1. The van der Waals surface area contributed by atoms with Crippen LogP contribution < -0.4 is 10.2 Å². The van der Waals surface area contributed by atoms with Crippen molar-refractivity contribution in [2.75, 3.05) is 4.90 Å². The minimum absolute atomic E-state index is 0.168. The maximum absolute atomic E-state index is 12.9. The topological polar surface area (TPSA) is 91.6 Å². The van der Waals surface area contributed by atoms with Crippen molar-refractivity contribution in [2.24, 2.45) is 0 Å². The van der Waals surface area contributed by atoms with Gasteiger partial charge in [-0.05, 0) is 80.1 Å². The number of carboxylic acid groups (broad SMARTS) is 1. The second-order valence-electron chi connectivity index (χ2n) is 7.12. The number of amides is 3. The average molecular weight is 436 g/mol.